The Morgan fingerprint density at radius 3 is 2.38 bits per heavy atom. The Morgan fingerprint density at radius 2 is 1.86 bits per heavy atom. The second-order valence-electron chi connectivity index (χ2n) is 4.95. The number of nitrogens with one attached hydrogen (secondary N) is 1. The number of rotatable bonds is 9. The third kappa shape index (κ3) is 6.03. The molecule has 0 saturated carbocycles. The number of aliphatic hydroxyl groups is 1. The maximum absolute atomic E-state index is 12.1. The fourth-order valence-electron chi connectivity index (χ4n) is 1.99. The number of halogens is 3. The zero-order chi connectivity index (χ0) is 15.8. The van der Waals surface area contributed by atoms with E-state index in [1.54, 1.807) is 0 Å². The van der Waals surface area contributed by atoms with E-state index in [-0.39, 0.29) is 13.2 Å². The molecule has 0 aliphatic heterocycles. The predicted molar refractivity (Wildman–Crippen MR) is 75.0 cm³/mol. The van der Waals surface area contributed by atoms with Crippen molar-refractivity contribution in [3.63, 3.8) is 0 Å². The summed E-state index contributed by atoms with van der Waals surface area (Å²) in [5.74, 6) is 0. The summed E-state index contributed by atoms with van der Waals surface area (Å²) in [4.78, 5) is 0. The van der Waals surface area contributed by atoms with Gasteiger partial charge in [0.15, 0.2) is 0 Å². The first-order chi connectivity index (χ1) is 9.93. The summed E-state index contributed by atoms with van der Waals surface area (Å²) < 4.78 is 41.6. The van der Waals surface area contributed by atoms with Gasteiger partial charge in [-0.3, -0.25) is 0 Å². The van der Waals surface area contributed by atoms with Crippen LogP contribution in [0.1, 0.15) is 25.3 Å². The maximum atomic E-state index is 12.1. The molecule has 6 heteroatoms. The topological polar surface area (TPSA) is 41.5 Å². The molecule has 1 unspecified atom stereocenters. The Morgan fingerprint density at radius 1 is 1.19 bits per heavy atom. The Balaban J connectivity index is 2.72. The van der Waals surface area contributed by atoms with Crippen molar-refractivity contribution in [2.45, 2.75) is 31.5 Å². The molecule has 21 heavy (non-hydrogen) atoms. The fraction of sp³-hybridized carbons (Fsp3) is 0.600. The van der Waals surface area contributed by atoms with Crippen molar-refractivity contribution in [3.05, 3.63) is 35.9 Å². The van der Waals surface area contributed by atoms with Crippen LogP contribution in [-0.4, -0.2) is 37.6 Å². The van der Waals surface area contributed by atoms with Crippen molar-refractivity contribution in [2.24, 2.45) is 0 Å². The van der Waals surface area contributed by atoms with Crippen LogP contribution in [0.2, 0.25) is 0 Å². The second-order valence-corrected chi connectivity index (χ2v) is 4.95. The largest absolute Gasteiger partial charge is 0.394 e. The van der Waals surface area contributed by atoms with E-state index >= 15 is 0 Å². The van der Waals surface area contributed by atoms with Gasteiger partial charge in [-0.05, 0) is 18.5 Å². The molecule has 0 fully saturated rings. The molecule has 0 radical (unpaired) electrons. The number of hydrogen-bond acceptors (Lipinski definition) is 3. The van der Waals surface area contributed by atoms with Gasteiger partial charge in [-0.15, -0.1) is 0 Å². The van der Waals surface area contributed by atoms with E-state index in [1.807, 2.05) is 37.3 Å². The van der Waals surface area contributed by atoms with E-state index in [0.29, 0.717) is 6.54 Å². The van der Waals surface area contributed by atoms with Gasteiger partial charge in [0.2, 0.25) is 0 Å². The average Bonchev–Trinajstić information content (AvgIpc) is 2.47. The van der Waals surface area contributed by atoms with Crippen LogP contribution in [0.3, 0.4) is 0 Å². The fourth-order valence-corrected chi connectivity index (χ4v) is 1.99. The zero-order valence-electron chi connectivity index (χ0n) is 12.1. The summed E-state index contributed by atoms with van der Waals surface area (Å²) in [7, 11) is 0. The minimum atomic E-state index is -4.23. The quantitative estimate of drug-likeness (QED) is 0.689. The molecule has 0 saturated heterocycles. The van der Waals surface area contributed by atoms with E-state index in [0.717, 1.165) is 12.0 Å². The normalized spacial score (nSPS) is 14.9. The van der Waals surface area contributed by atoms with E-state index in [4.69, 9.17) is 4.74 Å². The first-order valence-electron chi connectivity index (χ1n) is 6.99. The van der Waals surface area contributed by atoms with Gasteiger partial charge in [-0.2, -0.15) is 13.2 Å². The number of ether oxygens (including phenoxy) is 1. The lowest BCUT2D eigenvalue weighted by molar-refractivity contribution is -0.147. The monoisotopic (exact) mass is 305 g/mol. The van der Waals surface area contributed by atoms with Gasteiger partial charge >= 0.3 is 6.18 Å². The Labute approximate surface area is 123 Å². The number of aliphatic hydroxyl groups excluding tert-OH is 1. The van der Waals surface area contributed by atoms with Gasteiger partial charge in [0, 0.05) is 0 Å². The molecule has 2 N–H and O–H groups in total. The minimum absolute atomic E-state index is 0.0103. The van der Waals surface area contributed by atoms with E-state index < -0.39 is 24.7 Å². The first-order valence-corrected chi connectivity index (χ1v) is 6.99. The van der Waals surface area contributed by atoms with Gasteiger partial charge in [0.25, 0.3) is 0 Å². The van der Waals surface area contributed by atoms with Gasteiger partial charge in [-0.1, -0.05) is 37.3 Å². The summed E-state index contributed by atoms with van der Waals surface area (Å²) >= 11 is 0. The highest BCUT2D eigenvalue weighted by Gasteiger charge is 2.32. The third-order valence-electron chi connectivity index (χ3n) is 3.19. The van der Waals surface area contributed by atoms with E-state index in [9.17, 15) is 18.3 Å². The molecular weight excluding hydrogens is 283 g/mol. The lowest BCUT2D eigenvalue weighted by Crippen LogP contribution is -2.50. The molecule has 1 aromatic carbocycles. The van der Waals surface area contributed by atoms with Gasteiger partial charge in [0.05, 0.1) is 31.8 Å². The lowest BCUT2D eigenvalue weighted by atomic mass is 9.91. The summed E-state index contributed by atoms with van der Waals surface area (Å²) in [5.41, 5.74) is -0.0731. The molecule has 0 aliphatic carbocycles. The number of hydrogen-bond donors (Lipinski definition) is 2. The van der Waals surface area contributed by atoms with Gasteiger partial charge in [-0.25, -0.2) is 0 Å². The maximum Gasteiger partial charge on any atom is 0.391 e. The number of alkyl halides is 3. The van der Waals surface area contributed by atoms with Crippen LogP contribution in [0.4, 0.5) is 13.2 Å². The van der Waals surface area contributed by atoms with E-state index in [1.165, 1.54) is 0 Å². The molecule has 1 atom stereocenters. The Kier molecular flexibility index (Phi) is 7.14. The SMILES string of the molecule is CCCNC(CO)(COCCC(F)(F)F)c1ccccc1. The van der Waals surface area contributed by atoms with Crippen molar-refractivity contribution in [3.8, 4) is 0 Å². The summed E-state index contributed by atoms with van der Waals surface area (Å²) in [6.45, 7) is 1.95. The van der Waals surface area contributed by atoms with Crippen molar-refractivity contribution < 1.29 is 23.0 Å². The summed E-state index contributed by atoms with van der Waals surface area (Å²) in [5, 5.41) is 12.9. The van der Waals surface area contributed by atoms with Crippen LogP contribution in [0, 0.1) is 0 Å². The molecule has 120 valence electrons. The van der Waals surface area contributed by atoms with Crippen LogP contribution in [-0.2, 0) is 10.3 Å². The predicted octanol–water partition coefficient (Wildman–Crippen LogP) is 2.84. The van der Waals surface area contributed by atoms with Gasteiger partial charge in [0.1, 0.15) is 0 Å². The highest BCUT2D eigenvalue weighted by molar-refractivity contribution is 5.25. The molecule has 1 aromatic rings. The van der Waals surface area contributed by atoms with Crippen LogP contribution in [0.15, 0.2) is 30.3 Å². The third-order valence-corrected chi connectivity index (χ3v) is 3.19. The summed E-state index contributed by atoms with van der Waals surface area (Å²) in [6, 6.07) is 9.14. The van der Waals surface area contributed by atoms with Gasteiger partial charge < -0.3 is 15.2 Å². The number of benzene rings is 1. The van der Waals surface area contributed by atoms with Crippen LogP contribution >= 0.6 is 0 Å². The van der Waals surface area contributed by atoms with Crippen molar-refractivity contribution in [2.75, 3.05) is 26.4 Å². The van der Waals surface area contributed by atoms with Crippen LogP contribution in [0.25, 0.3) is 0 Å². The molecule has 0 aromatic heterocycles. The molecule has 0 heterocycles. The Hall–Kier alpha value is -1.11. The second kappa shape index (κ2) is 8.36. The molecule has 0 bridgehead atoms. The first kappa shape index (κ1) is 17.9. The summed E-state index contributed by atoms with van der Waals surface area (Å²) in [6.07, 6.45) is -4.38. The smallest absolute Gasteiger partial charge is 0.391 e. The zero-order valence-corrected chi connectivity index (χ0v) is 12.1. The van der Waals surface area contributed by atoms with Crippen LogP contribution in [0.5, 0.6) is 0 Å². The average molecular weight is 305 g/mol. The molecule has 0 spiro atoms. The standard InChI is InChI=1S/C15H22F3NO2/c1-2-9-19-14(11-20,13-6-4-3-5-7-13)12-21-10-8-15(16,17)18/h3-7,19-20H,2,8-12H2,1H3. The van der Waals surface area contributed by atoms with Crippen LogP contribution < -0.4 is 5.32 Å². The Bertz CT molecular complexity index is 398. The minimum Gasteiger partial charge on any atom is -0.394 e. The van der Waals surface area contributed by atoms with Crippen molar-refractivity contribution in [1.82, 2.24) is 5.32 Å². The molecule has 0 aliphatic rings. The van der Waals surface area contributed by atoms with Crippen molar-refractivity contribution in [1.29, 1.82) is 0 Å². The van der Waals surface area contributed by atoms with E-state index in [2.05, 4.69) is 5.32 Å². The highest BCUT2D eigenvalue weighted by atomic mass is 19.4. The van der Waals surface area contributed by atoms with Crippen molar-refractivity contribution >= 4 is 0 Å². The highest BCUT2D eigenvalue weighted by Crippen LogP contribution is 2.23. The molecule has 0 amide bonds. The molecule has 1 rings (SSSR count). The molecular formula is C15H22F3NO2. The lowest BCUT2D eigenvalue weighted by Gasteiger charge is -2.33. The molecule has 3 nitrogen and oxygen atoms in total.